The van der Waals surface area contributed by atoms with Crippen LogP contribution in [0.5, 0.6) is 0 Å². The number of rotatable bonds is 11. The second-order valence-corrected chi connectivity index (χ2v) is 10.1. The van der Waals surface area contributed by atoms with Gasteiger partial charge in [-0.2, -0.15) is 0 Å². The van der Waals surface area contributed by atoms with E-state index in [9.17, 15) is 9.59 Å². The molecule has 0 saturated heterocycles. The van der Waals surface area contributed by atoms with E-state index in [0.29, 0.717) is 11.7 Å². The van der Waals surface area contributed by atoms with Crippen LogP contribution < -0.4 is 5.32 Å². The number of unbranched alkanes of at least 4 members (excludes halogenated alkanes) is 1. The van der Waals surface area contributed by atoms with Gasteiger partial charge in [0.2, 0.25) is 16.9 Å². The molecule has 1 aromatic heterocycles. The highest BCUT2D eigenvalue weighted by atomic mass is 32.1. The van der Waals surface area contributed by atoms with Gasteiger partial charge >= 0.3 is 0 Å². The Bertz CT molecular complexity index is 890. The lowest BCUT2D eigenvalue weighted by Gasteiger charge is -2.36. The Hall–Kier alpha value is -2.28. The maximum atomic E-state index is 13.4. The second kappa shape index (κ2) is 12.8. The predicted octanol–water partition coefficient (Wildman–Crippen LogP) is 6.22. The molecular weight excluding hydrogens is 432 g/mol. The maximum absolute atomic E-state index is 13.4. The van der Waals surface area contributed by atoms with Crippen LogP contribution in [0.4, 0.5) is 5.13 Å². The standard InChI is InChI=1S/C26H38N4O2S/c1-4-6-10-20(5-2)25(32)30(22-11-8-7-9-12-22)18-17-23(31)27-26-29-28-24(33-26)21-15-13-19(3)14-16-21/h13-16,20,22H,4-12,17-18H2,1-3H3,(H,27,29,31). The molecular formula is C26H38N4O2S. The van der Waals surface area contributed by atoms with E-state index in [1.807, 2.05) is 36.1 Å². The minimum atomic E-state index is -0.114. The molecule has 7 heteroatoms. The van der Waals surface area contributed by atoms with Crippen molar-refractivity contribution >= 4 is 28.3 Å². The second-order valence-electron chi connectivity index (χ2n) is 9.15. The highest BCUT2D eigenvalue weighted by Gasteiger charge is 2.29. The average Bonchev–Trinajstić information content (AvgIpc) is 3.29. The summed E-state index contributed by atoms with van der Waals surface area (Å²) in [6.07, 6.45) is 9.93. The number of hydrogen-bond donors (Lipinski definition) is 1. The van der Waals surface area contributed by atoms with E-state index in [-0.39, 0.29) is 30.2 Å². The van der Waals surface area contributed by atoms with Crippen molar-refractivity contribution in [3.05, 3.63) is 29.8 Å². The third kappa shape index (κ3) is 7.36. The summed E-state index contributed by atoms with van der Waals surface area (Å²) >= 11 is 1.37. The molecule has 1 aliphatic carbocycles. The molecule has 2 amide bonds. The zero-order chi connectivity index (χ0) is 23.6. The molecule has 180 valence electrons. The molecule has 0 aliphatic heterocycles. The first kappa shape index (κ1) is 25.3. The number of nitrogens with zero attached hydrogens (tertiary/aromatic N) is 3. The minimum absolute atomic E-state index is 0.0650. The molecule has 1 saturated carbocycles. The lowest BCUT2D eigenvalue weighted by Crippen LogP contribution is -2.45. The first-order valence-electron chi connectivity index (χ1n) is 12.5. The van der Waals surface area contributed by atoms with Gasteiger partial charge in [-0.3, -0.25) is 9.59 Å². The van der Waals surface area contributed by atoms with Gasteiger partial charge in [0.05, 0.1) is 0 Å². The summed E-state index contributed by atoms with van der Waals surface area (Å²) in [5.41, 5.74) is 2.18. The fourth-order valence-corrected chi connectivity index (χ4v) is 5.31. The highest BCUT2D eigenvalue weighted by molar-refractivity contribution is 7.18. The van der Waals surface area contributed by atoms with E-state index in [1.165, 1.54) is 36.2 Å². The van der Waals surface area contributed by atoms with Crippen LogP contribution in [0.3, 0.4) is 0 Å². The quantitative estimate of drug-likeness (QED) is 0.423. The van der Waals surface area contributed by atoms with Gasteiger partial charge < -0.3 is 10.2 Å². The molecule has 1 heterocycles. The first-order chi connectivity index (χ1) is 16.0. The van der Waals surface area contributed by atoms with E-state index in [0.717, 1.165) is 49.1 Å². The third-order valence-corrected chi connectivity index (χ3v) is 7.48. The summed E-state index contributed by atoms with van der Waals surface area (Å²) in [4.78, 5) is 28.2. The van der Waals surface area contributed by atoms with Crippen molar-refractivity contribution in [3.63, 3.8) is 0 Å². The van der Waals surface area contributed by atoms with Crippen molar-refractivity contribution in [2.75, 3.05) is 11.9 Å². The van der Waals surface area contributed by atoms with E-state index < -0.39 is 0 Å². The Morgan fingerprint density at radius 2 is 1.85 bits per heavy atom. The predicted molar refractivity (Wildman–Crippen MR) is 135 cm³/mol. The lowest BCUT2D eigenvalue weighted by atomic mass is 9.91. The minimum Gasteiger partial charge on any atom is -0.339 e. The summed E-state index contributed by atoms with van der Waals surface area (Å²) < 4.78 is 0. The Kier molecular flexibility index (Phi) is 9.85. The largest absolute Gasteiger partial charge is 0.339 e. The van der Waals surface area contributed by atoms with Gasteiger partial charge in [0.1, 0.15) is 5.01 Å². The summed E-state index contributed by atoms with van der Waals surface area (Å²) in [6.45, 7) is 6.79. The first-order valence-corrected chi connectivity index (χ1v) is 13.3. The number of carbonyl (C=O) groups is 2. The molecule has 1 aliphatic rings. The van der Waals surface area contributed by atoms with E-state index in [2.05, 4.69) is 29.4 Å². The maximum Gasteiger partial charge on any atom is 0.227 e. The van der Waals surface area contributed by atoms with Gasteiger partial charge in [0.25, 0.3) is 0 Å². The van der Waals surface area contributed by atoms with Crippen LogP contribution >= 0.6 is 11.3 Å². The van der Waals surface area contributed by atoms with Crippen LogP contribution in [0.15, 0.2) is 24.3 Å². The van der Waals surface area contributed by atoms with Crippen molar-refractivity contribution in [1.29, 1.82) is 0 Å². The van der Waals surface area contributed by atoms with Gasteiger partial charge in [-0.05, 0) is 32.6 Å². The summed E-state index contributed by atoms with van der Waals surface area (Å²) in [6, 6.07) is 8.37. The zero-order valence-electron chi connectivity index (χ0n) is 20.3. The normalized spacial score (nSPS) is 15.2. The fraction of sp³-hybridized carbons (Fsp3) is 0.615. The number of carbonyl (C=O) groups excluding carboxylic acids is 2. The molecule has 33 heavy (non-hydrogen) atoms. The van der Waals surface area contributed by atoms with Gasteiger partial charge in [0.15, 0.2) is 0 Å². The lowest BCUT2D eigenvalue weighted by molar-refractivity contribution is -0.139. The fourth-order valence-electron chi connectivity index (χ4n) is 4.54. The molecule has 0 radical (unpaired) electrons. The molecule has 1 aromatic carbocycles. The Balaban J connectivity index is 1.60. The Morgan fingerprint density at radius 3 is 2.52 bits per heavy atom. The molecule has 1 atom stereocenters. The SMILES string of the molecule is CCCCC(CC)C(=O)N(CCC(=O)Nc1nnc(-c2ccc(C)cc2)s1)C1CCCCC1. The zero-order valence-corrected chi connectivity index (χ0v) is 21.1. The Morgan fingerprint density at radius 1 is 1.12 bits per heavy atom. The van der Waals surface area contributed by atoms with E-state index >= 15 is 0 Å². The molecule has 0 bridgehead atoms. The van der Waals surface area contributed by atoms with Crippen molar-refractivity contribution < 1.29 is 9.59 Å². The molecule has 2 aromatic rings. The van der Waals surface area contributed by atoms with Gasteiger partial charge in [0, 0.05) is 30.5 Å². The monoisotopic (exact) mass is 470 g/mol. The summed E-state index contributed by atoms with van der Waals surface area (Å²) in [5.74, 6) is 0.190. The van der Waals surface area contributed by atoms with Crippen molar-refractivity contribution in [2.24, 2.45) is 5.92 Å². The van der Waals surface area contributed by atoms with Crippen LogP contribution in [0.2, 0.25) is 0 Å². The number of aromatic nitrogens is 2. The van der Waals surface area contributed by atoms with Crippen molar-refractivity contribution in [2.45, 2.75) is 91.0 Å². The van der Waals surface area contributed by atoms with Crippen LogP contribution in [-0.2, 0) is 9.59 Å². The molecule has 1 N–H and O–H groups in total. The molecule has 1 fully saturated rings. The average molecular weight is 471 g/mol. The van der Waals surface area contributed by atoms with Gasteiger partial charge in [-0.1, -0.05) is 87.1 Å². The van der Waals surface area contributed by atoms with Gasteiger partial charge in [-0.15, -0.1) is 10.2 Å². The van der Waals surface area contributed by atoms with E-state index in [1.54, 1.807) is 0 Å². The number of nitrogens with one attached hydrogen (secondary N) is 1. The summed E-state index contributed by atoms with van der Waals surface area (Å²) in [5, 5.41) is 12.5. The third-order valence-electron chi connectivity index (χ3n) is 6.60. The van der Waals surface area contributed by atoms with Crippen molar-refractivity contribution in [1.82, 2.24) is 15.1 Å². The number of aryl methyl sites for hydroxylation is 1. The van der Waals surface area contributed by atoms with Crippen molar-refractivity contribution in [3.8, 4) is 10.6 Å². The van der Waals surface area contributed by atoms with E-state index in [4.69, 9.17) is 0 Å². The Labute approximate surface area is 202 Å². The topological polar surface area (TPSA) is 75.2 Å². The van der Waals surface area contributed by atoms with Gasteiger partial charge in [-0.25, -0.2) is 0 Å². The molecule has 1 unspecified atom stereocenters. The van der Waals surface area contributed by atoms with Crippen LogP contribution in [0, 0.1) is 12.8 Å². The van der Waals surface area contributed by atoms with Crippen LogP contribution in [0.1, 0.15) is 83.6 Å². The van der Waals surface area contributed by atoms with Crippen LogP contribution in [-0.4, -0.2) is 39.5 Å². The number of amides is 2. The number of benzene rings is 1. The molecule has 6 nitrogen and oxygen atoms in total. The summed E-state index contributed by atoms with van der Waals surface area (Å²) in [7, 11) is 0. The molecule has 0 spiro atoms. The highest BCUT2D eigenvalue weighted by Crippen LogP contribution is 2.28. The number of hydrogen-bond acceptors (Lipinski definition) is 5. The number of anilines is 1. The smallest absolute Gasteiger partial charge is 0.227 e. The van der Waals surface area contributed by atoms with Crippen LogP contribution in [0.25, 0.3) is 10.6 Å². The molecule has 3 rings (SSSR count).